The summed E-state index contributed by atoms with van der Waals surface area (Å²) in [7, 11) is 0. The van der Waals surface area contributed by atoms with E-state index in [-0.39, 0.29) is 37.8 Å². The number of nitrogens with zero attached hydrogens (tertiary/aromatic N) is 3. The minimum Gasteiger partial charge on any atom is -0.461 e. The van der Waals surface area contributed by atoms with E-state index >= 15 is 0 Å². The van der Waals surface area contributed by atoms with Crippen molar-refractivity contribution in [2.75, 3.05) is 26.2 Å². The minimum absolute atomic E-state index is 0.0323. The highest BCUT2D eigenvalue weighted by Gasteiger charge is 2.46. The summed E-state index contributed by atoms with van der Waals surface area (Å²) >= 11 is 6.03. The highest BCUT2D eigenvalue weighted by molar-refractivity contribution is 6.30. The second-order valence-corrected chi connectivity index (χ2v) is 16.1. The van der Waals surface area contributed by atoms with Crippen molar-refractivity contribution in [2.45, 2.75) is 108 Å². The summed E-state index contributed by atoms with van der Waals surface area (Å²) in [5, 5.41) is 8.91. The maximum Gasteiger partial charge on any atom is 0.328 e. The van der Waals surface area contributed by atoms with Crippen LogP contribution in [-0.2, 0) is 51.1 Å². The molecule has 7 atom stereocenters. The Morgan fingerprint density at radius 3 is 2.32 bits per heavy atom. The summed E-state index contributed by atoms with van der Waals surface area (Å²) in [6, 6.07) is 8.04. The molecule has 300 valence electrons. The van der Waals surface area contributed by atoms with E-state index in [1.165, 1.54) is 14.7 Å². The summed E-state index contributed by atoms with van der Waals surface area (Å²) in [5.41, 5.74) is 2.41. The molecule has 0 radical (unpaired) electrons. The minimum atomic E-state index is -1.43. The van der Waals surface area contributed by atoms with Crippen LogP contribution in [0.4, 0.5) is 0 Å². The number of cyclic esters (lactones) is 1. The topological polar surface area (TPSA) is 175 Å². The van der Waals surface area contributed by atoms with Crippen molar-refractivity contribution >= 4 is 53.0 Å². The van der Waals surface area contributed by atoms with Crippen LogP contribution in [0.5, 0.6) is 0 Å². The average Bonchev–Trinajstić information content (AvgIpc) is 3.83. The van der Waals surface area contributed by atoms with E-state index in [9.17, 15) is 33.6 Å². The molecule has 14 nitrogen and oxygen atoms in total. The molecular formula is C41H51ClN6O8. The number of amides is 6. The third-order valence-corrected chi connectivity index (χ3v) is 11.4. The largest absolute Gasteiger partial charge is 0.461 e. The van der Waals surface area contributed by atoms with E-state index in [0.717, 1.165) is 11.1 Å². The number of hydrogen-bond donors (Lipinski definition) is 3. The predicted molar refractivity (Wildman–Crippen MR) is 206 cm³/mol. The molecule has 0 bridgehead atoms. The van der Waals surface area contributed by atoms with Gasteiger partial charge in [-0.3, -0.25) is 28.8 Å². The number of carbonyl (C=O) groups excluding carboxylic acids is 7. The van der Waals surface area contributed by atoms with E-state index < -0.39 is 78.4 Å². The van der Waals surface area contributed by atoms with Crippen LogP contribution in [0.2, 0.25) is 5.02 Å². The molecule has 2 aromatic rings. The zero-order valence-corrected chi connectivity index (χ0v) is 32.9. The van der Waals surface area contributed by atoms with Gasteiger partial charge < -0.3 is 35.4 Å². The van der Waals surface area contributed by atoms with E-state index in [1.807, 2.05) is 38.1 Å². The number of esters is 1. The third kappa shape index (κ3) is 9.51. The van der Waals surface area contributed by atoms with Crippen molar-refractivity contribution < 1.29 is 38.3 Å². The summed E-state index contributed by atoms with van der Waals surface area (Å²) in [5.74, 6) is -3.85. The van der Waals surface area contributed by atoms with Crippen LogP contribution in [0.15, 0.2) is 48.5 Å². The maximum absolute atomic E-state index is 14.5. The number of halogens is 1. The second-order valence-electron chi connectivity index (χ2n) is 15.6. The molecule has 0 spiro atoms. The van der Waals surface area contributed by atoms with Gasteiger partial charge in [-0.25, -0.2) is 4.79 Å². The number of fused-ring (bicyclic) bond motifs is 3. The number of aryl methyl sites for hydroxylation is 1. The highest BCUT2D eigenvalue weighted by atomic mass is 35.5. The van der Waals surface area contributed by atoms with Crippen molar-refractivity contribution in [1.82, 2.24) is 30.7 Å². The lowest BCUT2D eigenvalue weighted by atomic mass is 9.99. The standard InChI is InChI=1S/C41H51ClN6O8/c1-24-8-6-9-28(18-24)20-30(44-35(49)21-27-12-14-29(42)15-13-27)36(50)45-31-23-56-41(55)34-19-25(2)22-48(34)38(52)26(3)43-37(51)32-10-4-5-16-46(32)40(54)33-11-7-17-47(33)39(31)53/h6,8-9,12-15,18,25-26,30-34H,4-5,7,10-11,16-17,19-23H2,1-3H3,(H,43,51)(H,44,49)(H,45,50)/t25-,26-,30-,31-,32-,33-,34-/m0/s1. The van der Waals surface area contributed by atoms with E-state index in [0.29, 0.717) is 55.7 Å². The molecule has 4 heterocycles. The van der Waals surface area contributed by atoms with Gasteiger partial charge in [0.05, 0.1) is 6.42 Å². The van der Waals surface area contributed by atoms with Crippen LogP contribution >= 0.6 is 11.6 Å². The molecule has 4 saturated heterocycles. The van der Waals surface area contributed by atoms with E-state index in [4.69, 9.17) is 16.3 Å². The molecule has 0 aliphatic carbocycles. The fourth-order valence-corrected chi connectivity index (χ4v) is 8.43. The molecule has 6 rings (SSSR count). The molecule has 4 fully saturated rings. The predicted octanol–water partition coefficient (Wildman–Crippen LogP) is 2.07. The van der Waals surface area contributed by atoms with Gasteiger partial charge in [-0.15, -0.1) is 0 Å². The quantitative estimate of drug-likeness (QED) is 0.358. The van der Waals surface area contributed by atoms with Crippen LogP contribution in [0.25, 0.3) is 0 Å². The Labute approximate surface area is 332 Å². The monoisotopic (exact) mass is 790 g/mol. The number of piperidine rings is 1. The summed E-state index contributed by atoms with van der Waals surface area (Å²) in [4.78, 5) is 102. The van der Waals surface area contributed by atoms with E-state index in [1.54, 1.807) is 31.2 Å². The van der Waals surface area contributed by atoms with Crippen LogP contribution in [0.3, 0.4) is 0 Å². The molecule has 3 N–H and O–H groups in total. The van der Waals surface area contributed by atoms with Gasteiger partial charge in [0.2, 0.25) is 35.4 Å². The average molecular weight is 791 g/mol. The molecule has 0 aromatic heterocycles. The van der Waals surface area contributed by atoms with Gasteiger partial charge in [0.15, 0.2) is 0 Å². The van der Waals surface area contributed by atoms with Crippen LogP contribution < -0.4 is 16.0 Å². The fraction of sp³-hybridized carbons (Fsp3) is 0.537. The smallest absolute Gasteiger partial charge is 0.328 e. The highest BCUT2D eigenvalue weighted by Crippen LogP contribution is 2.28. The molecular weight excluding hydrogens is 740 g/mol. The molecule has 4 aliphatic rings. The molecule has 56 heavy (non-hydrogen) atoms. The van der Waals surface area contributed by atoms with Gasteiger partial charge >= 0.3 is 5.97 Å². The van der Waals surface area contributed by atoms with Gasteiger partial charge in [-0.1, -0.05) is 60.5 Å². The SMILES string of the molecule is Cc1cccc(C[C@H](NC(=O)Cc2ccc(Cl)cc2)C(=O)N[C@H]2COC(=O)[C@@H]3C[C@H](C)CN3C(=O)[C@H](C)NC(=O)[C@@H]3CCCCN3C(=O)[C@@H]3CCCN3C2=O)c1. The lowest BCUT2D eigenvalue weighted by Crippen LogP contribution is -2.62. The first-order chi connectivity index (χ1) is 26.8. The number of nitrogens with one attached hydrogen (secondary N) is 3. The van der Waals surface area contributed by atoms with Crippen molar-refractivity contribution in [3.8, 4) is 0 Å². The van der Waals surface area contributed by atoms with E-state index in [2.05, 4.69) is 16.0 Å². The molecule has 2 aromatic carbocycles. The van der Waals surface area contributed by atoms with Gasteiger partial charge in [0.25, 0.3) is 0 Å². The Kier molecular flexibility index (Phi) is 13.0. The Bertz CT molecular complexity index is 1840. The Morgan fingerprint density at radius 2 is 1.57 bits per heavy atom. The normalized spacial score (nSPS) is 26.8. The second kappa shape index (κ2) is 17.9. The Morgan fingerprint density at radius 1 is 0.857 bits per heavy atom. The van der Waals surface area contributed by atoms with Crippen molar-refractivity contribution in [2.24, 2.45) is 5.92 Å². The number of carbonyl (C=O) groups is 7. The zero-order valence-electron chi connectivity index (χ0n) is 32.1. The van der Waals surface area contributed by atoms with Crippen molar-refractivity contribution in [1.29, 1.82) is 0 Å². The maximum atomic E-state index is 14.5. The van der Waals surface area contributed by atoms with Gasteiger partial charge in [0, 0.05) is 31.1 Å². The lowest BCUT2D eigenvalue weighted by Gasteiger charge is -2.39. The first kappa shape index (κ1) is 40.7. The summed E-state index contributed by atoms with van der Waals surface area (Å²) in [6.07, 6.45) is 3.02. The molecule has 15 heteroatoms. The van der Waals surface area contributed by atoms with Crippen LogP contribution in [0.1, 0.15) is 69.1 Å². The molecule has 0 saturated carbocycles. The summed E-state index contributed by atoms with van der Waals surface area (Å²) < 4.78 is 5.76. The van der Waals surface area contributed by atoms with Gasteiger partial charge in [-0.2, -0.15) is 0 Å². The number of ether oxygens (including phenoxy) is 1. The third-order valence-electron chi connectivity index (χ3n) is 11.2. The van der Waals surface area contributed by atoms with Crippen LogP contribution in [-0.4, -0.2) is 119 Å². The Balaban J connectivity index is 1.30. The van der Waals surface area contributed by atoms with Crippen LogP contribution in [0, 0.1) is 12.8 Å². The number of benzene rings is 2. The van der Waals surface area contributed by atoms with Gasteiger partial charge in [0.1, 0.15) is 42.9 Å². The molecule has 4 aliphatic heterocycles. The Hall–Kier alpha value is -4.98. The lowest BCUT2D eigenvalue weighted by molar-refractivity contribution is -0.158. The number of hydrogen-bond acceptors (Lipinski definition) is 8. The molecule has 0 unspecified atom stereocenters. The van der Waals surface area contributed by atoms with Crippen molar-refractivity contribution in [3.63, 3.8) is 0 Å². The van der Waals surface area contributed by atoms with Gasteiger partial charge in [-0.05, 0) is 81.5 Å². The fourth-order valence-electron chi connectivity index (χ4n) is 8.31. The first-order valence-corrected chi connectivity index (χ1v) is 19.9. The zero-order chi connectivity index (χ0) is 40.1. The molecule has 6 amide bonds. The van der Waals surface area contributed by atoms with Crippen molar-refractivity contribution in [3.05, 3.63) is 70.2 Å². The summed E-state index contributed by atoms with van der Waals surface area (Å²) in [6.45, 7) is 5.60. The number of rotatable bonds is 7. The first-order valence-electron chi connectivity index (χ1n) is 19.6.